The molecule has 0 aliphatic carbocycles. The number of halogens is 1. The molecule has 1 aromatic heterocycles. The lowest BCUT2D eigenvalue weighted by molar-refractivity contribution is 0.262. The van der Waals surface area contributed by atoms with Gasteiger partial charge in [0.1, 0.15) is 0 Å². The van der Waals surface area contributed by atoms with E-state index in [1.54, 1.807) is 13.0 Å². The zero-order chi connectivity index (χ0) is 20.9. The second-order valence-corrected chi connectivity index (χ2v) is 8.41. The number of carbonyl (C=O) groups is 1. The zero-order valence-electron chi connectivity index (χ0n) is 15.7. The van der Waals surface area contributed by atoms with Crippen LogP contribution in [-0.4, -0.2) is 25.2 Å². The summed E-state index contributed by atoms with van der Waals surface area (Å²) in [6.07, 6.45) is 1.83. The number of benzene rings is 2. The van der Waals surface area contributed by atoms with Gasteiger partial charge in [-0.1, -0.05) is 43.3 Å². The van der Waals surface area contributed by atoms with Crippen LogP contribution in [0.2, 0.25) is 0 Å². The molecule has 0 fully saturated rings. The number of urea groups is 1. The number of anilines is 2. The lowest BCUT2D eigenvalue weighted by Crippen LogP contribution is -2.21. The highest BCUT2D eigenvalue weighted by molar-refractivity contribution is 7.91. The Kier molecular flexibility index (Phi) is 6.23. The van der Waals surface area contributed by atoms with Gasteiger partial charge in [0.2, 0.25) is 0 Å². The van der Waals surface area contributed by atoms with Gasteiger partial charge < -0.3 is 5.32 Å². The predicted octanol–water partition coefficient (Wildman–Crippen LogP) is 4.72. The molecule has 0 radical (unpaired) electrons. The fourth-order valence-corrected chi connectivity index (χ4v) is 4.16. The Morgan fingerprint density at radius 3 is 2.48 bits per heavy atom. The van der Waals surface area contributed by atoms with E-state index < -0.39 is 21.7 Å². The number of nitrogens with one attached hydrogen (secondary N) is 2. The van der Waals surface area contributed by atoms with E-state index in [1.807, 2.05) is 30.3 Å². The van der Waals surface area contributed by atoms with Crippen molar-refractivity contribution in [1.29, 1.82) is 0 Å². The average molecular weight is 413 g/mol. The number of nitrogens with zero attached hydrogens (tertiary/aromatic N) is 1. The van der Waals surface area contributed by atoms with Crippen molar-refractivity contribution in [3.05, 3.63) is 72.7 Å². The lowest BCUT2D eigenvalue weighted by atomic mass is 10.0. The van der Waals surface area contributed by atoms with Gasteiger partial charge >= 0.3 is 6.03 Å². The van der Waals surface area contributed by atoms with E-state index in [9.17, 15) is 17.6 Å². The molecule has 2 aromatic carbocycles. The molecule has 0 bridgehead atoms. The molecular weight excluding hydrogens is 393 g/mol. The fraction of sp³-hybridized carbons (Fsp3) is 0.143. The van der Waals surface area contributed by atoms with Crippen LogP contribution in [0.1, 0.15) is 13.3 Å². The third kappa shape index (κ3) is 4.97. The minimum Gasteiger partial charge on any atom is -0.307 e. The van der Waals surface area contributed by atoms with Crippen molar-refractivity contribution in [2.75, 3.05) is 16.4 Å². The summed E-state index contributed by atoms with van der Waals surface area (Å²) in [5.74, 6) is -0.895. The number of hydrogen-bond donors (Lipinski definition) is 2. The molecule has 2 amide bonds. The summed E-state index contributed by atoms with van der Waals surface area (Å²) in [7, 11) is -3.48. The van der Waals surface area contributed by atoms with Crippen LogP contribution in [0.3, 0.4) is 0 Å². The van der Waals surface area contributed by atoms with Crippen LogP contribution >= 0.6 is 0 Å². The summed E-state index contributed by atoms with van der Waals surface area (Å²) in [5, 5.41) is 4.95. The Balaban J connectivity index is 1.97. The molecule has 0 unspecified atom stereocenters. The number of pyridine rings is 1. The van der Waals surface area contributed by atoms with E-state index in [0.29, 0.717) is 17.7 Å². The van der Waals surface area contributed by atoms with Crippen molar-refractivity contribution in [2.24, 2.45) is 0 Å². The maximum atomic E-state index is 13.8. The number of rotatable bonds is 6. The molecule has 0 aliphatic heterocycles. The van der Waals surface area contributed by atoms with Crippen molar-refractivity contribution in [3.8, 4) is 11.1 Å². The first-order chi connectivity index (χ1) is 13.9. The molecule has 0 saturated carbocycles. The first-order valence-corrected chi connectivity index (χ1v) is 10.7. The van der Waals surface area contributed by atoms with Crippen molar-refractivity contribution in [3.63, 3.8) is 0 Å². The van der Waals surface area contributed by atoms with Crippen LogP contribution in [-0.2, 0) is 9.84 Å². The van der Waals surface area contributed by atoms with Gasteiger partial charge in [-0.05, 0) is 36.2 Å². The molecule has 0 atom stereocenters. The van der Waals surface area contributed by atoms with E-state index in [-0.39, 0.29) is 16.5 Å². The molecule has 8 heteroatoms. The second kappa shape index (κ2) is 8.83. The molecule has 2 N–H and O–H groups in total. The molecule has 6 nitrogen and oxygen atoms in total. The van der Waals surface area contributed by atoms with E-state index >= 15 is 0 Å². The molecule has 1 heterocycles. The van der Waals surface area contributed by atoms with Gasteiger partial charge in [-0.15, -0.1) is 0 Å². The molecule has 3 rings (SSSR count). The summed E-state index contributed by atoms with van der Waals surface area (Å²) in [6.45, 7) is 1.78. The van der Waals surface area contributed by atoms with Crippen LogP contribution in [0, 0.1) is 5.82 Å². The Morgan fingerprint density at radius 2 is 1.79 bits per heavy atom. The number of amides is 2. The van der Waals surface area contributed by atoms with Gasteiger partial charge in [-0.25, -0.2) is 22.6 Å². The zero-order valence-corrected chi connectivity index (χ0v) is 16.5. The third-order valence-corrected chi connectivity index (χ3v) is 6.06. The Labute approximate surface area is 168 Å². The normalized spacial score (nSPS) is 11.1. The largest absolute Gasteiger partial charge is 0.324 e. The average Bonchev–Trinajstić information content (AvgIpc) is 2.70. The minimum absolute atomic E-state index is 0.00245. The highest BCUT2D eigenvalue weighted by atomic mass is 32.2. The van der Waals surface area contributed by atoms with E-state index in [4.69, 9.17) is 0 Å². The maximum Gasteiger partial charge on any atom is 0.324 e. The fourth-order valence-electron chi connectivity index (χ4n) is 2.82. The number of aromatic nitrogens is 1. The minimum atomic E-state index is -3.48. The first-order valence-electron chi connectivity index (χ1n) is 9.01. The monoisotopic (exact) mass is 413 g/mol. The second-order valence-electron chi connectivity index (χ2n) is 6.31. The Bertz CT molecular complexity index is 1120. The van der Waals surface area contributed by atoms with Crippen LogP contribution in [0.15, 0.2) is 71.8 Å². The van der Waals surface area contributed by atoms with E-state index in [2.05, 4.69) is 15.6 Å². The molecule has 0 aliphatic rings. The smallest absolute Gasteiger partial charge is 0.307 e. The van der Waals surface area contributed by atoms with Gasteiger partial charge in [-0.3, -0.25) is 5.32 Å². The van der Waals surface area contributed by atoms with E-state index in [0.717, 1.165) is 5.56 Å². The highest BCUT2D eigenvalue weighted by Gasteiger charge is 2.18. The van der Waals surface area contributed by atoms with Crippen LogP contribution in [0.5, 0.6) is 0 Å². The van der Waals surface area contributed by atoms with Gasteiger partial charge in [-0.2, -0.15) is 0 Å². The number of sulfone groups is 1. The molecule has 0 spiro atoms. The summed E-state index contributed by atoms with van der Waals surface area (Å²) in [5.41, 5.74) is 1.73. The van der Waals surface area contributed by atoms with Crippen molar-refractivity contribution < 1.29 is 17.6 Å². The van der Waals surface area contributed by atoms with Crippen LogP contribution in [0.4, 0.5) is 20.7 Å². The molecule has 3 aromatic rings. The van der Waals surface area contributed by atoms with E-state index in [1.165, 1.54) is 30.5 Å². The van der Waals surface area contributed by atoms with Crippen LogP contribution < -0.4 is 10.6 Å². The maximum absolute atomic E-state index is 13.8. The molecular formula is C21H20FN3O3S. The summed E-state index contributed by atoms with van der Waals surface area (Å²) < 4.78 is 38.7. The third-order valence-electron chi connectivity index (χ3n) is 4.15. The van der Waals surface area contributed by atoms with Gasteiger partial charge in [0, 0.05) is 11.8 Å². The summed E-state index contributed by atoms with van der Waals surface area (Å²) in [4.78, 5) is 16.3. The first kappa shape index (κ1) is 20.5. The molecule has 0 saturated heterocycles. The van der Waals surface area contributed by atoms with Crippen LogP contribution in [0.25, 0.3) is 11.1 Å². The quantitative estimate of drug-likeness (QED) is 0.612. The van der Waals surface area contributed by atoms with Crippen molar-refractivity contribution >= 4 is 27.4 Å². The summed E-state index contributed by atoms with van der Waals surface area (Å²) >= 11 is 0. The van der Waals surface area contributed by atoms with Crippen molar-refractivity contribution in [2.45, 2.75) is 18.2 Å². The SMILES string of the molecule is CCCS(=O)(=O)c1ccc(-c2ccccc2)c(NC(=O)Nc2ncccc2F)c1. The standard InChI is InChI=1S/C21H20FN3O3S/c1-2-13-29(27,28)16-10-11-17(15-7-4-3-5-8-15)19(14-16)24-21(26)25-20-18(22)9-6-12-23-20/h3-12,14H,2,13H2,1H3,(H2,23,24,25,26). The van der Waals surface area contributed by atoms with Gasteiger partial charge in [0.25, 0.3) is 0 Å². The summed E-state index contributed by atoms with van der Waals surface area (Å²) in [6, 6.07) is 15.7. The Morgan fingerprint density at radius 1 is 1.03 bits per heavy atom. The molecule has 29 heavy (non-hydrogen) atoms. The highest BCUT2D eigenvalue weighted by Crippen LogP contribution is 2.31. The topological polar surface area (TPSA) is 88.2 Å². The van der Waals surface area contributed by atoms with Crippen molar-refractivity contribution in [1.82, 2.24) is 4.98 Å². The predicted molar refractivity (Wildman–Crippen MR) is 111 cm³/mol. The van der Waals surface area contributed by atoms with Gasteiger partial charge in [0.15, 0.2) is 21.5 Å². The Hall–Kier alpha value is -3.26. The number of hydrogen-bond acceptors (Lipinski definition) is 4. The number of carbonyl (C=O) groups excluding carboxylic acids is 1. The van der Waals surface area contributed by atoms with Gasteiger partial charge in [0.05, 0.1) is 16.3 Å². The molecule has 150 valence electrons. The lowest BCUT2D eigenvalue weighted by Gasteiger charge is -2.14.